The minimum Gasteiger partial charge on any atom is -0.506 e. The number of aliphatic hydroxyl groups excluding tert-OH is 1. The maximum atomic E-state index is 14.8. The van der Waals surface area contributed by atoms with Gasteiger partial charge in [-0.15, -0.1) is 0 Å². The first-order valence-corrected chi connectivity index (χ1v) is 15.7. The number of hydrogen-bond donors (Lipinski definition) is 3. The first kappa shape index (κ1) is 34.8. The number of phenolic OH excluding ortho intramolecular Hbond substituents is 2. The number of aliphatic hydroxyl groups is 1. The van der Waals surface area contributed by atoms with Gasteiger partial charge >= 0.3 is 0 Å². The van der Waals surface area contributed by atoms with E-state index >= 15 is 0 Å². The third-order valence-corrected chi connectivity index (χ3v) is 9.56. The number of phenols is 2. The number of fused-ring (bicyclic) bond motifs is 2. The Morgan fingerprint density at radius 2 is 1.55 bits per heavy atom. The number of ketones is 3. The fraction of sp³-hybridized carbons (Fsp3) is 0.500. The molecule has 1 aromatic rings. The Morgan fingerprint density at radius 3 is 2.14 bits per heavy atom. The molecule has 0 aliphatic heterocycles. The van der Waals surface area contributed by atoms with E-state index in [1.54, 1.807) is 0 Å². The third kappa shape index (κ3) is 6.85. The molecule has 3 N–H and O–H groups in total. The number of carbonyl (C=O) groups excluding carboxylic acids is 3. The lowest BCUT2D eigenvalue weighted by atomic mass is 9.42. The van der Waals surface area contributed by atoms with E-state index in [0.29, 0.717) is 12.8 Å². The standard InChI is InChI=1S/C38H50O6/c1-23(2)11-9-13-26(7)14-16-28-22-29-34(42)32(33(41)27-15-17-30(39)31(40)21-27)36(44)38(35(29)43,20-18-25(5)6)37(28,8)19-10-12-24(3)4/h11-12,14-18,21,26,28-29,39-41H,9-10,13,19-20,22H2,1-8H3. The molecule has 6 nitrogen and oxygen atoms in total. The van der Waals surface area contributed by atoms with Crippen LogP contribution in [0, 0.1) is 28.6 Å². The molecule has 2 saturated carbocycles. The highest BCUT2D eigenvalue weighted by Crippen LogP contribution is 2.62. The van der Waals surface area contributed by atoms with Gasteiger partial charge in [0.25, 0.3) is 0 Å². The topological polar surface area (TPSA) is 112 Å². The zero-order valence-corrected chi connectivity index (χ0v) is 27.7. The number of carbonyl (C=O) groups is 3. The molecule has 0 spiro atoms. The average molecular weight is 603 g/mol. The molecular formula is C38H50O6. The Morgan fingerprint density at radius 1 is 0.932 bits per heavy atom. The van der Waals surface area contributed by atoms with E-state index in [1.165, 1.54) is 17.7 Å². The summed E-state index contributed by atoms with van der Waals surface area (Å²) < 4.78 is 0. The summed E-state index contributed by atoms with van der Waals surface area (Å²) in [6, 6.07) is 3.64. The normalized spacial score (nSPS) is 26.8. The largest absolute Gasteiger partial charge is 0.506 e. The molecule has 0 saturated heterocycles. The summed E-state index contributed by atoms with van der Waals surface area (Å²) in [5, 5.41) is 31.3. The Bertz CT molecular complexity index is 1440. The lowest BCUT2D eigenvalue weighted by Crippen LogP contribution is -2.65. The number of allylic oxidation sites excluding steroid dienone is 9. The molecule has 1 aromatic carbocycles. The maximum absolute atomic E-state index is 14.8. The van der Waals surface area contributed by atoms with Gasteiger partial charge in [0, 0.05) is 5.56 Å². The second kappa shape index (κ2) is 14.0. The van der Waals surface area contributed by atoms with Gasteiger partial charge < -0.3 is 15.3 Å². The Balaban J connectivity index is 2.26. The zero-order chi connectivity index (χ0) is 33.0. The van der Waals surface area contributed by atoms with Gasteiger partial charge in [0.2, 0.25) is 0 Å². The summed E-state index contributed by atoms with van der Waals surface area (Å²) >= 11 is 0. The highest BCUT2D eigenvalue weighted by Gasteiger charge is 2.69. The molecule has 5 atom stereocenters. The van der Waals surface area contributed by atoms with Crippen molar-refractivity contribution in [1.82, 2.24) is 0 Å². The molecule has 2 aliphatic rings. The molecule has 238 valence electrons. The summed E-state index contributed by atoms with van der Waals surface area (Å²) in [6.45, 7) is 16.2. The molecule has 44 heavy (non-hydrogen) atoms. The zero-order valence-electron chi connectivity index (χ0n) is 27.7. The number of hydrogen-bond acceptors (Lipinski definition) is 6. The Kier molecular flexibility index (Phi) is 11.0. The molecule has 2 fully saturated rings. The van der Waals surface area contributed by atoms with Gasteiger partial charge in [-0.05, 0) is 116 Å². The number of rotatable bonds is 11. The van der Waals surface area contributed by atoms with Crippen molar-refractivity contribution in [3.05, 3.63) is 76.4 Å². The van der Waals surface area contributed by atoms with Crippen molar-refractivity contribution >= 4 is 23.1 Å². The molecule has 5 unspecified atom stereocenters. The van der Waals surface area contributed by atoms with Crippen LogP contribution in [0.1, 0.15) is 99.5 Å². The van der Waals surface area contributed by atoms with Crippen molar-refractivity contribution in [2.45, 2.75) is 93.9 Å². The van der Waals surface area contributed by atoms with Crippen molar-refractivity contribution in [2.24, 2.45) is 28.6 Å². The molecule has 3 rings (SSSR count). The van der Waals surface area contributed by atoms with Crippen LogP contribution < -0.4 is 0 Å². The quantitative estimate of drug-likeness (QED) is 0.0583. The van der Waals surface area contributed by atoms with Crippen LogP contribution in [0.5, 0.6) is 11.5 Å². The van der Waals surface area contributed by atoms with Crippen molar-refractivity contribution in [3.8, 4) is 11.5 Å². The van der Waals surface area contributed by atoms with E-state index in [4.69, 9.17) is 0 Å². The monoisotopic (exact) mass is 602 g/mol. The third-order valence-electron chi connectivity index (χ3n) is 9.56. The van der Waals surface area contributed by atoms with Crippen LogP contribution in [0.3, 0.4) is 0 Å². The summed E-state index contributed by atoms with van der Waals surface area (Å²) in [6.07, 6.45) is 14.0. The van der Waals surface area contributed by atoms with Gasteiger partial charge in [0.15, 0.2) is 28.8 Å². The first-order chi connectivity index (χ1) is 20.6. The van der Waals surface area contributed by atoms with Gasteiger partial charge in [-0.3, -0.25) is 14.4 Å². The summed E-state index contributed by atoms with van der Waals surface area (Å²) in [4.78, 5) is 43.3. The molecule has 6 heteroatoms. The van der Waals surface area contributed by atoms with Crippen LogP contribution in [-0.2, 0) is 14.4 Å². The summed E-state index contributed by atoms with van der Waals surface area (Å²) in [5.74, 6) is -4.20. The molecule has 0 heterocycles. The molecule has 0 radical (unpaired) electrons. The van der Waals surface area contributed by atoms with E-state index in [-0.39, 0.29) is 36.0 Å². The van der Waals surface area contributed by atoms with Crippen molar-refractivity contribution in [2.75, 3.05) is 0 Å². The van der Waals surface area contributed by atoms with Gasteiger partial charge in [0.1, 0.15) is 16.7 Å². The highest BCUT2D eigenvalue weighted by atomic mass is 16.3. The van der Waals surface area contributed by atoms with Gasteiger partial charge in [0.05, 0.1) is 5.92 Å². The predicted molar refractivity (Wildman–Crippen MR) is 176 cm³/mol. The fourth-order valence-electron chi connectivity index (χ4n) is 6.84. The average Bonchev–Trinajstić information content (AvgIpc) is 2.93. The van der Waals surface area contributed by atoms with Crippen LogP contribution >= 0.6 is 0 Å². The van der Waals surface area contributed by atoms with Crippen LogP contribution in [0.25, 0.3) is 5.76 Å². The van der Waals surface area contributed by atoms with Crippen molar-refractivity contribution in [3.63, 3.8) is 0 Å². The van der Waals surface area contributed by atoms with E-state index in [9.17, 15) is 29.7 Å². The van der Waals surface area contributed by atoms with Crippen LogP contribution in [0.4, 0.5) is 0 Å². The molecular weight excluding hydrogens is 552 g/mol. The van der Waals surface area contributed by atoms with Gasteiger partial charge in [-0.1, -0.05) is 60.9 Å². The smallest absolute Gasteiger partial charge is 0.184 e. The minimum atomic E-state index is -1.57. The Hall–Kier alpha value is -3.67. The lowest BCUT2D eigenvalue weighted by Gasteiger charge is -2.57. The minimum absolute atomic E-state index is 0.0228. The van der Waals surface area contributed by atoms with E-state index in [0.717, 1.165) is 30.1 Å². The van der Waals surface area contributed by atoms with Gasteiger partial charge in [-0.25, -0.2) is 0 Å². The van der Waals surface area contributed by atoms with Gasteiger partial charge in [-0.2, -0.15) is 0 Å². The van der Waals surface area contributed by atoms with E-state index in [1.807, 2.05) is 40.7 Å². The lowest BCUT2D eigenvalue weighted by molar-refractivity contribution is -0.167. The predicted octanol–water partition coefficient (Wildman–Crippen LogP) is 8.76. The maximum Gasteiger partial charge on any atom is 0.184 e. The second-order valence-corrected chi connectivity index (χ2v) is 13.7. The molecule has 0 amide bonds. The SMILES string of the molecule is CC(C)=CCCC(C)C=CC1CC2C(=O)C(=C(O)c3ccc(O)c(O)c3)C(=O)C(CC=C(C)C)(C2=O)C1(C)CCC=C(C)C. The van der Waals surface area contributed by atoms with Crippen LogP contribution in [0.2, 0.25) is 0 Å². The molecule has 0 aromatic heterocycles. The molecule has 2 bridgehead atoms. The molecule has 2 aliphatic carbocycles. The number of benzene rings is 1. The van der Waals surface area contributed by atoms with E-state index in [2.05, 4.69) is 45.1 Å². The summed E-state index contributed by atoms with van der Waals surface area (Å²) in [5.41, 5.74) is 0.571. The van der Waals surface area contributed by atoms with E-state index < -0.39 is 51.1 Å². The Labute approximate surface area is 263 Å². The number of aromatic hydroxyl groups is 2. The first-order valence-electron chi connectivity index (χ1n) is 15.7. The van der Waals surface area contributed by atoms with Crippen LogP contribution in [-0.4, -0.2) is 32.7 Å². The highest BCUT2D eigenvalue weighted by molar-refractivity contribution is 6.40. The van der Waals surface area contributed by atoms with Crippen molar-refractivity contribution < 1.29 is 29.7 Å². The summed E-state index contributed by atoms with van der Waals surface area (Å²) in [7, 11) is 0. The fourth-order valence-corrected chi connectivity index (χ4v) is 6.84. The van der Waals surface area contributed by atoms with Crippen LogP contribution in [0.15, 0.2) is 70.9 Å². The van der Waals surface area contributed by atoms with Crippen molar-refractivity contribution in [1.29, 1.82) is 0 Å². The number of Topliss-reactive ketones (excluding diaryl/α,β-unsaturated/α-hetero) is 3. The second-order valence-electron chi connectivity index (χ2n) is 13.7.